The third-order valence-corrected chi connectivity index (χ3v) is 4.69. The second-order valence-electron chi connectivity index (χ2n) is 6.14. The lowest BCUT2D eigenvalue weighted by atomic mass is 10.0. The summed E-state index contributed by atoms with van der Waals surface area (Å²) in [5.74, 6) is 1.02. The lowest BCUT2D eigenvalue weighted by molar-refractivity contribution is -0.115. The molecule has 0 atom stereocenters. The van der Waals surface area contributed by atoms with E-state index in [1.54, 1.807) is 23.6 Å². The van der Waals surface area contributed by atoms with Gasteiger partial charge in [-0.05, 0) is 47.2 Å². The van der Waals surface area contributed by atoms with E-state index in [1.165, 1.54) is 5.56 Å². The Morgan fingerprint density at radius 2 is 1.84 bits per heavy atom. The number of hydrogen-bond donors (Lipinski definition) is 2. The van der Waals surface area contributed by atoms with Crippen LogP contribution in [0.3, 0.4) is 0 Å². The molecule has 2 aromatic heterocycles. The minimum Gasteiger partial charge on any atom is -0.354 e. The average molecular weight is 351 g/mol. The van der Waals surface area contributed by atoms with Gasteiger partial charge >= 0.3 is 0 Å². The number of carbonyl (C=O) groups excluding carboxylic acids is 1. The summed E-state index contributed by atoms with van der Waals surface area (Å²) in [6, 6.07) is 16.0. The smallest absolute Gasteiger partial charge is 0.230 e. The molecule has 1 aromatic carbocycles. The van der Waals surface area contributed by atoms with Gasteiger partial charge in [-0.2, -0.15) is 0 Å². The van der Waals surface area contributed by atoms with E-state index in [0.717, 1.165) is 16.3 Å². The number of thiophene rings is 1. The molecule has 0 bridgehead atoms. The Kier molecular flexibility index (Phi) is 5.46. The fourth-order valence-electron chi connectivity index (χ4n) is 2.42. The summed E-state index contributed by atoms with van der Waals surface area (Å²) < 4.78 is 0. The Bertz CT molecular complexity index is 809. The second-order valence-corrected chi connectivity index (χ2v) is 7.17. The highest BCUT2D eigenvalue weighted by atomic mass is 32.1. The van der Waals surface area contributed by atoms with E-state index in [4.69, 9.17) is 0 Å². The number of carbonyl (C=O) groups is 1. The van der Waals surface area contributed by atoms with Crippen LogP contribution in [0.5, 0.6) is 0 Å². The predicted octanol–water partition coefficient (Wildman–Crippen LogP) is 5.19. The summed E-state index contributed by atoms with van der Waals surface area (Å²) in [7, 11) is 0. The molecular weight excluding hydrogens is 330 g/mol. The largest absolute Gasteiger partial charge is 0.354 e. The van der Waals surface area contributed by atoms with Crippen molar-refractivity contribution < 1.29 is 4.79 Å². The first-order valence-electron chi connectivity index (χ1n) is 8.25. The minimum atomic E-state index is -0.0556. The quantitative estimate of drug-likeness (QED) is 0.642. The molecule has 3 rings (SSSR count). The molecule has 0 saturated heterocycles. The normalized spacial score (nSPS) is 10.7. The highest BCUT2D eigenvalue weighted by molar-refractivity contribution is 7.10. The first-order valence-corrected chi connectivity index (χ1v) is 9.13. The van der Waals surface area contributed by atoms with Crippen molar-refractivity contribution in [3.05, 3.63) is 70.5 Å². The minimum absolute atomic E-state index is 0.0556. The van der Waals surface area contributed by atoms with Crippen LogP contribution in [0.4, 0.5) is 17.2 Å². The summed E-state index contributed by atoms with van der Waals surface area (Å²) in [4.78, 5) is 17.3. The van der Waals surface area contributed by atoms with E-state index in [9.17, 15) is 4.79 Å². The molecule has 0 spiro atoms. The van der Waals surface area contributed by atoms with Crippen LogP contribution in [0.2, 0.25) is 0 Å². The number of hydrogen-bond acceptors (Lipinski definition) is 4. The van der Waals surface area contributed by atoms with Crippen LogP contribution in [0, 0.1) is 0 Å². The van der Waals surface area contributed by atoms with Crippen molar-refractivity contribution in [2.75, 3.05) is 10.6 Å². The van der Waals surface area contributed by atoms with Crippen molar-refractivity contribution in [1.29, 1.82) is 0 Å². The molecule has 0 saturated carbocycles. The van der Waals surface area contributed by atoms with Crippen molar-refractivity contribution in [1.82, 2.24) is 4.98 Å². The maximum atomic E-state index is 12.0. The number of aromatic nitrogens is 1. The third kappa shape index (κ3) is 4.90. The lowest BCUT2D eigenvalue weighted by Crippen LogP contribution is -2.14. The SMILES string of the molecule is CC(C)c1ccc(Nc2ccc(NC(=O)Cc3cccs3)nc2)cc1. The van der Waals surface area contributed by atoms with E-state index >= 15 is 0 Å². The van der Waals surface area contributed by atoms with Crippen molar-refractivity contribution in [3.8, 4) is 0 Å². The molecule has 3 aromatic rings. The molecule has 2 N–H and O–H groups in total. The molecule has 0 fully saturated rings. The molecule has 128 valence electrons. The van der Waals surface area contributed by atoms with Crippen molar-refractivity contribution in [3.63, 3.8) is 0 Å². The number of amides is 1. The van der Waals surface area contributed by atoms with Gasteiger partial charge in [0.1, 0.15) is 5.82 Å². The van der Waals surface area contributed by atoms with Gasteiger partial charge in [-0.3, -0.25) is 4.79 Å². The summed E-state index contributed by atoms with van der Waals surface area (Å²) in [6.45, 7) is 4.36. The summed E-state index contributed by atoms with van der Waals surface area (Å²) in [5.41, 5.74) is 3.21. The van der Waals surface area contributed by atoms with Crippen molar-refractivity contribution >= 4 is 34.4 Å². The summed E-state index contributed by atoms with van der Waals surface area (Å²) in [6.07, 6.45) is 2.10. The van der Waals surface area contributed by atoms with E-state index in [2.05, 4.69) is 53.7 Å². The van der Waals surface area contributed by atoms with Gasteiger partial charge in [0.2, 0.25) is 5.91 Å². The molecule has 0 unspecified atom stereocenters. The molecule has 5 heteroatoms. The van der Waals surface area contributed by atoms with Gasteiger partial charge in [-0.25, -0.2) is 4.98 Å². The van der Waals surface area contributed by atoms with Gasteiger partial charge in [-0.15, -0.1) is 11.3 Å². The van der Waals surface area contributed by atoms with E-state index in [-0.39, 0.29) is 5.91 Å². The fraction of sp³-hybridized carbons (Fsp3) is 0.200. The first kappa shape index (κ1) is 17.2. The van der Waals surface area contributed by atoms with Crippen LogP contribution in [0.25, 0.3) is 0 Å². The van der Waals surface area contributed by atoms with Crippen LogP contribution in [-0.2, 0) is 11.2 Å². The first-order chi connectivity index (χ1) is 12.1. The van der Waals surface area contributed by atoms with Crippen LogP contribution in [-0.4, -0.2) is 10.9 Å². The Labute approximate surface area is 151 Å². The van der Waals surface area contributed by atoms with Gasteiger partial charge < -0.3 is 10.6 Å². The molecule has 1 amide bonds. The van der Waals surface area contributed by atoms with Crippen LogP contribution < -0.4 is 10.6 Å². The average Bonchev–Trinajstić information content (AvgIpc) is 3.10. The number of rotatable bonds is 6. The number of benzene rings is 1. The zero-order valence-corrected chi connectivity index (χ0v) is 15.1. The zero-order valence-electron chi connectivity index (χ0n) is 14.3. The van der Waals surface area contributed by atoms with Crippen LogP contribution in [0.15, 0.2) is 60.1 Å². The Hall–Kier alpha value is -2.66. The fourth-order valence-corrected chi connectivity index (χ4v) is 3.12. The van der Waals surface area contributed by atoms with Gasteiger partial charge in [0.05, 0.1) is 18.3 Å². The van der Waals surface area contributed by atoms with E-state index < -0.39 is 0 Å². The number of anilines is 3. The molecule has 0 aliphatic heterocycles. The molecule has 4 nitrogen and oxygen atoms in total. The maximum Gasteiger partial charge on any atom is 0.230 e. The molecule has 25 heavy (non-hydrogen) atoms. The van der Waals surface area contributed by atoms with Gasteiger partial charge in [0.25, 0.3) is 0 Å². The molecular formula is C20H21N3OS. The molecule has 2 heterocycles. The Morgan fingerprint density at radius 3 is 2.44 bits per heavy atom. The molecule has 0 radical (unpaired) electrons. The van der Waals surface area contributed by atoms with Crippen LogP contribution >= 0.6 is 11.3 Å². The van der Waals surface area contributed by atoms with Crippen molar-refractivity contribution in [2.45, 2.75) is 26.2 Å². The summed E-state index contributed by atoms with van der Waals surface area (Å²) >= 11 is 1.58. The lowest BCUT2D eigenvalue weighted by Gasteiger charge is -2.10. The number of pyridine rings is 1. The van der Waals surface area contributed by atoms with Gasteiger partial charge in [-0.1, -0.05) is 32.0 Å². The maximum absolute atomic E-state index is 12.0. The van der Waals surface area contributed by atoms with Gasteiger partial charge in [0.15, 0.2) is 0 Å². The third-order valence-electron chi connectivity index (χ3n) is 3.81. The number of nitrogens with one attached hydrogen (secondary N) is 2. The zero-order chi connectivity index (χ0) is 17.6. The highest BCUT2D eigenvalue weighted by Gasteiger charge is 2.06. The second kappa shape index (κ2) is 7.94. The monoisotopic (exact) mass is 351 g/mol. The predicted molar refractivity (Wildman–Crippen MR) is 105 cm³/mol. The summed E-state index contributed by atoms with van der Waals surface area (Å²) in [5, 5.41) is 8.10. The standard InChI is InChI=1S/C20H21N3OS/c1-14(2)15-5-7-16(8-6-15)22-17-9-10-19(21-13-17)23-20(24)12-18-4-3-11-25-18/h3-11,13-14,22H,12H2,1-2H3,(H,21,23,24). The molecule has 0 aliphatic rings. The Balaban J connectivity index is 1.57. The van der Waals surface area contributed by atoms with Crippen molar-refractivity contribution in [2.24, 2.45) is 0 Å². The topological polar surface area (TPSA) is 54.0 Å². The van der Waals surface area contributed by atoms with E-state index in [0.29, 0.717) is 18.2 Å². The van der Waals surface area contributed by atoms with Crippen LogP contribution in [0.1, 0.15) is 30.2 Å². The number of nitrogens with zero attached hydrogens (tertiary/aromatic N) is 1. The van der Waals surface area contributed by atoms with E-state index in [1.807, 2.05) is 23.6 Å². The highest BCUT2D eigenvalue weighted by Crippen LogP contribution is 2.21. The Morgan fingerprint density at radius 1 is 1.08 bits per heavy atom. The molecule has 0 aliphatic carbocycles. The van der Waals surface area contributed by atoms with Gasteiger partial charge in [0, 0.05) is 10.6 Å².